The molecule has 88 valence electrons. The molecule has 1 amide bonds. The van der Waals surface area contributed by atoms with Crippen LogP contribution in [0.2, 0.25) is 0 Å². The molecule has 1 aromatic heterocycles. The van der Waals surface area contributed by atoms with Gasteiger partial charge in [0, 0.05) is 18.1 Å². The smallest absolute Gasteiger partial charge is 0.277 e. The van der Waals surface area contributed by atoms with Gasteiger partial charge in [0.25, 0.3) is 5.91 Å². The molecule has 0 spiro atoms. The Balaban J connectivity index is 2.42. The maximum Gasteiger partial charge on any atom is 0.277 e. The number of amides is 1. The van der Waals surface area contributed by atoms with Crippen LogP contribution in [0.15, 0.2) is 17.6 Å². The molecular formula is C10H15N3O2S. The summed E-state index contributed by atoms with van der Waals surface area (Å²) in [4.78, 5) is 19.0. The van der Waals surface area contributed by atoms with Crippen LogP contribution in [-0.2, 0) is 0 Å². The molecule has 16 heavy (non-hydrogen) atoms. The molecule has 0 aliphatic rings. The Morgan fingerprint density at radius 3 is 2.69 bits per heavy atom. The second-order valence-electron chi connectivity index (χ2n) is 3.25. The quantitative estimate of drug-likeness (QED) is 0.261. The maximum absolute atomic E-state index is 11.0. The van der Waals surface area contributed by atoms with Crippen LogP contribution in [0.25, 0.3) is 0 Å². The molecular weight excluding hydrogens is 226 g/mol. The summed E-state index contributed by atoms with van der Waals surface area (Å²) in [5.74, 6) is 0.391. The van der Waals surface area contributed by atoms with Crippen LogP contribution in [0.5, 0.6) is 0 Å². The van der Waals surface area contributed by atoms with Crippen LogP contribution in [0, 0.1) is 0 Å². The third-order valence-corrected chi connectivity index (χ3v) is 2.93. The van der Waals surface area contributed by atoms with Crippen molar-refractivity contribution in [3.8, 4) is 0 Å². The van der Waals surface area contributed by atoms with E-state index < -0.39 is 5.91 Å². The van der Waals surface area contributed by atoms with E-state index in [1.54, 1.807) is 11.8 Å². The summed E-state index contributed by atoms with van der Waals surface area (Å²) >= 11 is 1.57. The van der Waals surface area contributed by atoms with Crippen LogP contribution in [0.4, 0.5) is 0 Å². The number of hydrogen-bond acceptors (Lipinski definition) is 5. The Bertz CT molecular complexity index is 329. The molecule has 0 radical (unpaired) electrons. The second kappa shape index (κ2) is 7.19. The van der Waals surface area contributed by atoms with Gasteiger partial charge >= 0.3 is 0 Å². The summed E-state index contributed by atoms with van der Waals surface area (Å²) in [6.07, 6.45) is 6.35. The van der Waals surface area contributed by atoms with E-state index in [-0.39, 0.29) is 5.56 Å². The van der Waals surface area contributed by atoms with Gasteiger partial charge in [-0.3, -0.25) is 10.0 Å². The molecule has 5 nitrogen and oxygen atoms in total. The van der Waals surface area contributed by atoms with Crippen LogP contribution in [-0.4, -0.2) is 26.8 Å². The lowest BCUT2D eigenvalue weighted by Crippen LogP contribution is -2.19. The third kappa shape index (κ3) is 4.16. The summed E-state index contributed by atoms with van der Waals surface area (Å²) in [5.41, 5.74) is 1.79. The minimum Gasteiger partial charge on any atom is -0.288 e. The summed E-state index contributed by atoms with van der Waals surface area (Å²) in [7, 11) is 0. The van der Waals surface area contributed by atoms with Crippen molar-refractivity contribution >= 4 is 17.7 Å². The topological polar surface area (TPSA) is 75.1 Å². The van der Waals surface area contributed by atoms with Gasteiger partial charge in [0.05, 0.1) is 5.56 Å². The lowest BCUT2D eigenvalue weighted by atomic mass is 10.3. The first kappa shape index (κ1) is 12.9. The van der Waals surface area contributed by atoms with Gasteiger partial charge in [-0.2, -0.15) is 0 Å². The van der Waals surface area contributed by atoms with Crippen LogP contribution < -0.4 is 5.48 Å². The summed E-state index contributed by atoms with van der Waals surface area (Å²) < 4.78 is 0. The monoisotopic (exact) mass is 241 g/mol. The molecule has 0 fully saturated rings. The van der Waals surface area contributed by atoms with E-state index in [9.17, 15) is 4.79 Å². The van der Waals surface area contributed by atoms with Gasteiger partial charge in [0.15, 0.2) is 5.16 Å². The fourth-order valence-corrected chi connectivity index (χ4v) is 1.87. The zero-order valence-corrected chi connectivity index (χ0v) is 9.96. The van der Waals surface area contributed by atoms with Crippen molar-refractivity contribution in [1.29, 1.82) is 0 Å². The van der Waals surface area contributed by atoms with Gasteiger partial charge < -0.3 is 0 Å². The van der Waals surface area contributed by atoms with Crippen molar-refractivity contribution in [2.24, 2.45) is 0 Å². The summed E-state index contributed by atoms with van der Waals surface area (Å²) in [6, 6.07) is 0. The van der Waals surface area contributed by atoms with Crippen molar-refractivity contribution in [3.63, 3.8) is 0 Å². The highest BCUT2D eigenvalue weighted by Gasteiger charge is 2.05. The van der Waals surface area contributed by atoms with Crippen molar-refractivity contribution in [2.45, 2.75) is 31.3 Å². The largest absolute Gasteiger partial charge is 0.288 e. The van der Waals surface area contributed by atoms with Gasteiger partial charge in [-0.15, -0.1) is 0 Å². The highest BCUT2D eigenvalue weighted by atomic mass is 32.2. The molecule has 1 aromatic rings. The summed E-state index contributed by atoms with van der Waals surface area (Å²) in [5, 5.41) is 9.06. The van der Waals surface area contributed by atoms with E-state index in [4.69, 9.17) is 5.21 Å². The number of hydroxylamine groups is 1. The third-order valence-electron chi connectivity index (χ3n) is 1.97. The molecule has 2 N–H and O–H groups in total. The molecule has 0 aliphatic heterocycles. The van der Waals surface area contributed by atoms with E-state index in [1.165, 1.54) is 30.7 Å². The highest BCUT2D eigenvalue weighted by Crippen LogP contribution is 2.14. The predicted molar refractivity (Wildman–Crippen MR) is 61.5 cm³/mol. The molecule has 0 atom stereocenters. The minimum atomic E-state index is -0.595. The number of rotatable bonds is 6. The van der Waals surface area contributed by atoms with Gasteiger partial charge in [-0.05, 0) is 6.42 Å². The molecule has 0 saturated heterocycles. The Labute approximate surface area is 98.6 Å². The molecule has 1 heterocycles. The van der Waals surface area contributed by atoms with E-state index in [0.29, 0.717) is 5.16 Å². The van der Waals surface area contributed by atoms with E-state index in [2.05, 4.69) is 16.9 Å². The Morgan fingerprint density at radius 1 is 1.44 bits per heavy atom. The van der Waals surface area contributed by atoms with Crippen LogP contribution in [0.1, 0.15) is 36.5 Å². The molecule has 0 saturated carbocycles. The number of unbranched alkanes of at least 4 members (excludes halogenated alkanes) is 2. The fraction of sp³-hybridized carbons (Fsp3) is 0.500. The van der Waals surface area contributed by atoms with Crippen LogP contribution in [0.3, 0.4) is 0 Å². The molecule has 6 heteroatoms. The van der Waals surface area contributed by atoms with Crippen LogP contribution >= 0.6 is 11.8 Å². The first-order chi connectivity index (χ1) is 7.77. The van der Waals surface area contributed by atoms with E-state index in [1.807, 2.05) is 0 Å². The van der Waals surface area contributed by atoms with Gasteiger partial charge in [-0.1, -0.05) is 31.5 Å². The lowest BCUT2D eigenvalue weighted by molar-refractivity contribution is 0.0705. The maximum atomic E-state index is 11.0. The van der Waals surface area contributed by atoms with Gasteiger partial charge in [0.1, 0.15) is 0 Å². The number of aromatic nitrogens is 2. The van der Waals surface area contributed by atoms with E-state index in [0.717, 1.165) is 12.2 Å². The minimum absolute atomic E-state index is 0.250. The molecule has 0 unspecified atom stereocenters. The number of nitrogens with zero attached hydrogens (tertiary/aromatic N) is 2. The van der Waals surface area contributed by atoms with E-state index >= 15 is 0 Å². The number of carbonyl (C=O) groups is 1. The first-order valence-electron chi connectivity index (χ1n) is 5.17. The fourth-order valence-electron chi connectivity index (χ4n) is 1.09. The molecule has 0 bridgehead atoms. The number of hydrogen-bond donors (Lipinski definition) is 2. The van der Waals surface area contributed by atoms with Gasteiger partial charge in [0.2, 0.25) is 0 Å². The number of nitrogens with one attached hydrogen (secondary N) is 1. The van der Waals surface area contributed by atoms with Gasteiger partial charge in [-0.25, -0.2) is 15.4 Å². The SMILES string of the molecule is CCCCCSc1ncc(C(=O)NO)cn1. The molecule has 0 aliphatic carbocycles. The Kier molecular flexibility index (Phi) is 5.81. The standard InChI is InChI=1S/C10H15N3O2S/c1-2-3-4-5-16-10-11-6-8(7-12-10)9(14)13-15/h6-7,15H,2-5H2,1H3,(H,13,14). The Morgan fingerprint density at radius 2 is 2.12 bits per heavy atom. The Hall–Kier alpha value is -1.14. The first-order valence-corrected chi connectivity index (χ1v) is 6.15. The predicted octanol–water partition coefficient (Wildman–Crippen LogP) is 1.88. The average molecular weight is 241 g/mol. The van der Waals surface area contributed by atoms with Crippen molar-refractivity contribution in [3.05, 3.63) is 18.0 Å². The molecule has 0 aromatic carbocycles. The average Bonchev–Trinajstić information content (AvgIpc) is 2.34. The van der Waals surface area contributed by atoms with Crippen molar-refractivity contribution in [2.75, 3.05) is 5.75 Å². The lowest BCUT2D eigenvalue weighted by Gasteiger charge is -2.00. The number of thioether (sulfide) groups is 1. The zero-order chi connectivity index (χ0) is 11.8. The summed E-state index contributed by atoms with van der Waals surface area (Å²) in [6.45, 7) is 2.16. The van der Waals surface area contributed by atoms with Crippen molar-refractivity contribution < 1.29 is 10.0 Å². The zero-order valence-electron chi connectivity index (χ0n) is 9.14. The normalized spacial score (nSPS) is 10.1. The highest BCUT2D eigenvalue weighted by molar-refractivity contribution is 7.99. The number of carbonyl (C=O) groups excluding carboxylic acids is 1. The van der Waals surface area contributed by atoms with Crippen molar-refractivity contribution in [1.82, 2.24) is 15.4 Å². The second-order valence-corrected chi connectivity index (χ2v) is 4.31. The molecule has 1 rings (SSSR count).